The Morgan fingerprint density at radius 2 is 0.791 bits per heavy atom. The number of hydrogen-bond acceptors (Lipinski definition) is 8. The summed E-state index contributed by atoms with van der Waals surface area (Å²) in [6.07, 6.45) is 36.8. The van der Waals surface area contributed by atoms with Gasteiger partial charge in [0.15, 0.2) is 0 Å². The van der Waals surface area contributed by atoms with Crippen molar-refractivity contribution < 1.29 is 28.5 Å². The largest absolute Gasteiger partial charge is 0.463 e. The molecule has 8 heteroatoms. The van der Waals surface area contributed by atoms with Crippen molar-refractivity contribution in [2.24, 2.45) is 53.3 Å². The Bertz CT molecular complexity index is 1050. The Hall–Kier alpha value is 0.0100. The quantitative estimate of drug-likeness (QED) is 0.0339. The van der Waals surface area contributed by atoms with Gasteiger partial charge in [0, 0.05) is 24.0 Å². The Morgan fingerprint density at radius 1 is 0.418 bits per heavy atom. The molecule has 0 N–H and O–H groups in total. The van der Waals surface area contributed by atoms with Gasteiger partial charge >= 0.3 is 5.97 Å². The number of unbranched alkanes of at least 4 members (excludes halogenated alkanes) is 1. The Kier molecular flexibility index (Phi) is 44.5. The minimum atomic E-state index is -0.113. The predicted octanol–water partition coefficient (Wildman–Crippen LogP) is 18.0. The molecule has 6 nitrogen and oxygen atoms in total. The second-order valence-electron chi connectivity index (χ2n) is 23.1. The van der Waals surface area contributed by atoms with Gasteiger partial charge in [0.05, 0.1) is 46.2 Å². The van der Waals surface area contributed by atoms with E-state index in [0.717, 1.165) is 72.0 Å². The Morgan fingerprint density at radius 3 is 1.19 bits per heavy atom. The molecular formula is C59H116O6S2. The molecule has 7 unspecified atom stereocenters. The first-order chi connectivity index (χ1) is 32.3. The maximum absolute atomic E-state index is 12.0. The van der Waals surface area contributed by atoms with Gasteiger partial charge in [-0.3, -0.25) is 4.79 Å². The summed E-state index contributed by atoms with van der Waals surface area (Å²) in [5, 5.41) is 0.775. The van der Waals surface area contributed by atoms with Gasteiger partial charge in [-0.05, 0) is 85.4 Å². The molecule has 1 rings (SSSR count). The summed E-state index contributed by atoms with van der Waals surface area (Å²) >= 11 is 0. The topological polar surface area (TPSA) is 63.2 Å². The van der Waals surface area contributed by atoms with Crippen molar-refractivity contribution in [2.75, 3.05) is 65.2 Å². The second kappa shape index (κ2) is 45.8. The van der Waals surface area contributed by atoms with Crippen molar-refractivity contribution in [2.45, 2.75) is 254 Å². The summed E-state index contributed by atoms with van der Waals surface area (Å²) in [5.74, 6) is 8.62. The molecule has 400 valence electrons. The Labute approximate surface area is 426 Å². The van der Waals surface area contributed by atoms with Gasteiger partial charge in [-0.2, -0.15) is 0 Å². The van der Waals surface area contributed by atoms with Crippen LogP contribution in [0, 0.1) is 53.3 Å². The zero-order valence-corrected chi connectivity index (χ0v) is 48.0. The molecule has 1 heterocycles. The van der Waals surface area contributed by atoms with E-state index in [4.69, 9.17) is 23.7 Å². The fraction of sp³-hybridized carbons (Fsp3) is 0.983. The van der Waals surface area contributed by atoms with Gasteiger partial charge < -0.3 is 23.7 Å². The Balaban J connectivity index is 2.27. The van der Waals surface area contributed by atoms with Gasteiger partial charge in [-0.15, -0.1) is 0 Å². The maximum atomic E-state index is 12.0. The minimum absolute atomic E-state index is 0.113. The zero-order chi connectivity index (χ0) is 49.2. The molecule has 0 aliphatic carbocycles. The van der Waals surface area contributed by atoms with E-state index in [-0.39, 0.29) is 5.97 Å². The van der Waals surface area contributed by atoms with E-state index in [1.165, 1.54) is 166 Å². The average molecular weight is 986 g/mol. The highest BCUT2D eigenvalue weighted by atomic mass is 33.1. The lowest BCUT2D eigenvalue weighted by atomic mass is 9.87. The number of carbonyl (C=O) groups excluding carboxylic acids is 1. The lowest BCUT2D eigenvalue weighted by molar-refractivity contribution is -0.145. The SMILES string of the molecule is CC(C)CCCC(C)CCCC(C)CCCC(C)CCCC(CCC(C)CCCC(C)CCCC(C)CCCC(C)C)COCCOCCOCCOCCOC(=O)CCCC[C@@H]1CCSS1. The van der Waals surface area contributed by atoms with Crippen LogP contribution in [0.5, 0.6) is 0 Å². The van der Waals surface area contributed by atoms with Gasteiger partial charge in [0.25, 0.3) is 0 Å². The third-order valence-corrected chi connectivity index (χ3v) is 17.8. The van der Waals surface area contributed by atoms with E-state index in [1.54, 1.807) is 0 Å². The summed E-state index contributed by atoms with van der Waals surface area (Å²) in [6, 6.07) is 0. The summed E-state index contributed by atoms with van der Waals surface area (Å²) in [5.41, 5.74) is 0. The van der Waals surface area contributed by atoms with Crippen LogP contribution in [0.15, 0.2) is 0 Å². The highest BCUT2D eigenvalue weighted by Gasteiger charge is 2.17. The lowest BCUT2D eigenvalue weighted by Gasteiger charge is -2.21. The smallest absolute Gasteiger partial charge is 0.305 e. The highest BCUT2D eigenvalue weighted by Crippen LogP contribution is 2.40. The first-order valence-electron chi connectivity index (χ1n) is 29.1. The molecule has 1 saturated heterocycles. The minimum Gasteiger partial charge on any atom is -0.463 e. The molecule has 8 atom stereocenters. The monoisotopic (exact) mass is 985 g/mol. The fourth-order valence-electron chi connectivity index (χ4n) is 9.86. The van der Waals surface area contributed by atoms with Crippen LogP contribution in [0.25, 0.3) is 0 Å². The van der Waals surface area contributed by atoms with Crippen LogP contribution in [0.2, 0.25) is 0 Å². The average Bonchev–Trinajstić information content (AvgIpc) is 3.80. The number of rotatable bonds is 50. The molecular weight excluding hydrogens is 869 g/mol. The van der Waals surface area contributed by atoms with E-state index in [1.807, 2.05) is 21.6 Å². The van der Waals surface area contributed by atoms with Crippen molar-refractivity contribution >= 4 is 27.6 Å². The van der Waals surface area contributed by atoms with E-state index in [9.17, 15) is 4.79 Å². The van der Waals surface area contributed by atoms with Gasteiger partial charge in [-0.1, -0.05) is 232 Å². The van der Waals surface area contributed by atoms with Crippen LogP contribution in [0.3, 0.4) is 0 Å². The number of carbonyl (C=O) groups is 1. The van der Waals surface area contributed by atoms with Crippen molar-refractivity contribution in [3.63, 3.8) is 0 Å². The van der Waals surface area contributed by atoms with Crippen LogP contribution in [0.1, 0.15) is 249 Å². The van der Waals surface area contributed by atoms with Crippen LogP contribution < -0.4 is 0 Å². The van der Waals surface area contributed by atoms with Gasteiger partial charge in [-0.25, -0.2) is 0 Å². The fourth-order valence-corrected chi connectivity index (χ4v) is 12.9. The second-order valence-corrected chi connectivity index (χ2v) is 25.9. The van der Waals surface area contributed by atoms with Crippen LogP contribution in [0.4, 0.5) is 0 Å². The molecule has 1 aliphatic heterocycles. The van der Waals surface area contributed by atoms with Crippen LogP contribution in [-0.4, -0.2) is 76.4 Å². The summed E-state index contributed by atoms with van der Waals surface area (Å²) in [6.45, 7) is 29.3. The molecule has 0 spiro atoms. The molecule has 67 heavy (non-hydrogen) atoms. The van der Waals surface area contributed by atoms with Crippen molar-refractivity contribution in [1.82, 2.24) is 0 Å². The van der Waals surface area contributed by atoms with Gasteiger partial charge in [0.1, 0.15) is 6.61 Å². The number of ether oxygens (including phenoxy) is 5. The standard InChI is InChI=1S/C59H116O6S2/c1-49(2)20-13-22-51(5)24-15-26-53(7)28-17-29-55(9)32-19-33-57(37-36-56(10)31-18-30-54(8)27-16-25-52(6)23-14-21-50(3)4)48-64-44-43-62-40-39-61-41-42-63-45-46-65-59(60)35-12-11-34-58-38-47-66-67-58/h49-58H,11-48H2,1-10H3/t51?,52?,53?,54?,55?,56?,57?,58-/m1/s1. The molecule has 0 amide bonds. The molecule has 1 fully saturated rings. The molecule has 0 aromatic heterocycles. The van der Waals surface area contributed by atoms with Gasteiger partial charge in [0.2, 0.25) is 0 Å². The van der Waals surface area contributed by atoms with E-state index in [2.05, 4.69) is 69.2 Å². The van der Waals surface area contributed by atoms with E-state index >= 15 is 0 Å². The van der Waals surface area contributed by atoms with Crippen molar-refractivity contribution in [1.29, 1.82) is 0 Å². The normalized spacial score (nSPS) is 17.5. The first-order valence-corrected chi connectivity index (χ1v) is 31.5. The first kappa shape index (κ1) is 65.0. The molecule has 0 bridgehead atoms. The maximum Gasteiger partial charge on any atom is 0.305 e. The van der Waals surface area contributed by atoms with Crippen LogP contribution >= 0.6 is 21.6 Å². The molecule has 0 aromatic rings. The lowest BCUT2D eigenvalue weighted by Crippen LogP contribution is -2.16. The molecule has 0 saturated carbocycles. The highest BCUT2D eigenvalue weighted by molar-refractivity contribution is 8.77. The summed E-state index contributed by atoms with van der Waals surface area (Å²) in [4.78, 5) is 12.0. The van der Waals surface area contributed by atoms with Crippen LogP contribution in [-0.2, 0) is 28.5 Å². The molecule has 1 aliphatic rings. The summed E-state index contributed by atoms with van der Waals surface area (Å²) < 4.78 is 28.7. The molecule has 0 radical (unpaired) electrons. The van der Waals surface area contributed by atoms with Crippen molar-refractivity contribution in [3.8, 4) is 0 Å². The van der Waals surface area contributed by atoms with E-state index in [0.29, 0.717) is 65.2 Å². The number of esters is 1. The molecule has 0 aromatic carbocycles. The third-order valence-electron chi connectivity index (χ3n) is 14.8. The predicted molar refractivity (Wildman–Crippen MR) is 295 cm³/mol. The zero-order valence-electron chi connectivity index (χ0n) is 46.4. The van der Waals surface area contributed by atoms with E-state index < -0.39 is 0 Å². The summed E-state index contributed by atoms with van der Waals surface area (Å²) in [7, 11) is 3.98. The third kappa shape index (κ3) is 44.4. The van der Waals surface area contributed by atoms with Crippen molar-refractivity contribution in [3.05, 3.63) is 0 Å². The number of hydrogen-bond donors (Lipinski definition) is 0.